The van der Waals surface area contributed by atoms with Crippen LogP contribution in [-0.2, 0) is 38.3 Å². The van der Waals surface area contributed by atoms with Crippen LogP contribution >= 0.6 is 22.7 Å². The standard InChI is InChI=1S/C17H14F3N5O2S.C13H10N4O3S.C10H10F3N/c1-27-13-12-14(22-8-21-13)28-15(23-12)24-16(26)25-6-5-9-3-2-4-11(10(9)7-25)17(18,19)20;1-19-10-9-11(15-7-14-10)21-12(16-9)17-13(18)20-8-5-3-2-4-6-8;11-10(12,13)9-3-1-2-7-4-5-14-6-8(7)9/h2-4,8H,5-7H2,1H3,(H,23,24,26);2-7H,1H3,(H,16,17,18);1-3,14H,4-6H2. The number of aromatic nitrogens is 6. The van der Waals surface area contributed by atoms with Crippen LogP contribution in [0.5, 0.6) is 17.5 Å². The van der Waals surface area contributed by atoms with Crippen molar-refractivity contribution in [2.24, 2.45) is 0 Å². The zero-order chi connectivity index (χ0) is 44.7. The first-order valence-electron chi connectivity index (χ1n) is 18.7. The molecule has 3 N–H and O–H groups in total. The fourth-order valence-electron chi connectivity index (χ4n) is 6.55. The van der Waals surface area contributed by atoms with Gasteiger partial charge in [0.15, 0.2) is 31.0 Å². The number of hydrogen-bond donors (Lipinski definition) is 3. The number of carbonyl (C=O) groups excluding carboxylic acids is 2. The Bertz CT molecular complexity index is 2740. The molecule has 4 aromatic heterocycles. The molecule has 328 valence electrons. The van der Waals surface area contributed by atoms with E-state index < -0.39 is 35.6 Å². The number of benzene rings is 3. The summed E-state index contributed by atoms with van der Waals surface area (Å²) in [5.41, 5.74) is 1.68. The van der Waals surface area contributed by atoms with Crippen LogP contribution in [0.2, 0.25) is 0 Å². The lowest BCUT2D eigenvalue weighted by atomic mass is 9.95. The van der Waals surface area contributed by atoms with Crippen molar-refractivity contribution in [3.05, 3.63) is 113 Å². The summed E-state index contributed by atoms with van der Waals surface area (Å²) in [6, 6.07) is 16.7. The maximum absolute atomic E-state index is 13.3. The highest BCUT2D eigenvalue weighted by molar-refractivity contribution is 7.22. The maximum atomic E-state index is 13.3. The Hall–Kier alpha value is -6.72. The second-order valence-corrected chi connectivity index (χ2v) is 15.3. The van der Waals surface area contributed by atoms with Gasteiger partial charge in [-0.05, 0) is 65.9 Å². The zero-order valence-electron chi connectivity index (χ0n) is 33.0. The van der Waals surface area contributed by atoms with Crippen molar-refractivity contribution in [2.75, 3.05) is 37.9 Å². The van der Waals surface area contributed by atoms with Crippen LogP contribution in [0.15, 0.2) is 79.4 Å². The van der Waals surface area contributed by atoms with E-state index in [1.807, 2.05) is 6.07 Å². The van der Waals surface area contributed by atoms with Gasteiger partial charge in [-0.15, -0.1) is 0 Å². The van der Waals surface area contributed by atoms with Crippen molar-refractivity contribution in [1.29, 1.82) is 0 Å². The molecule has 0 saturated carbocycles. The van der Waals surface area contributed by atoms with Crippen molar-refractivity contribution in [3.8, 4) is 17.5 Å². The zero-order valence-corrected chi connectivity index (χ0v) is 34.6. The smallest absolute Gasteiger partial charge is 0.418 e. The number of hydrogen-bond acceptors (Lipinski definition) is 14. The Labute approximate surface area is 361 Å². The number of fused-ring (bicyclic) bond motifs is 4. The van der Waals surface area contributed by atoms with Crippen LogP contribution in [0.1, 0.15) is 33.4 Å². The van der Waals surface area contributed by atoms with E-state index in [2.05, 4.69) is 45.9 Å². The molecule has 0 atom stereocenters. The molecule has 2 aliphatic rings. The summed E-state index contributed by atoms with van der Waals surface area (Å²) >= 11 is 2.34. The topological polar surface area (TPSA) is 179 Å². The Morgan fingerprint density at radius 3 is 1.83 bits per heavy atom. The monoisotopic (exact) mass is 912 g/mol. The molecule has 15 nitrogen and oxygen atoms in total. The van der Waals surface area contributed by atoms with Crippen molar-refractivity contribution < 1.29 is 50.1 Å². The Kier molecular flexibility index (Phi) is 13.5. The lowest BCUT2D eigenvalue weighted by Crippen LogP contribution is -2.39. The van der Waals surface area contributed by atoms with Gasteiger partial charge in [0.25, 0.3) is 0 Å². The fourth-order valence-corrected chi connectivity index (χ4v) is 8.12. The number of halogens is 6. The normalized spacial score (nSPS) is 13.4. The first-order valence-corrected chi connectivity index (χ1v) is 20.3. The van der Waals surface area contributed by atoms with Crippen LogP contribution in [0.25, 0.3) is 20.7 Å². The average molecular weight is 913 g/mol. The van der Waals surface area contributed by atoms with Gasteiger partial charge < -0.3 is 24.4 Å². The van der Waals surface area contributed by atoms with E-state index in [0.717, 1.165) is 35.6 Å². The number of nitrogens with one attached hydrogen (secondary N) is 3. The highest BCUT2D eigenvalue weighted by Crippen LogP contribution is 2.37. The maximum Gasteiger partial charge on any atom is 0.418 e. The van der Waals surface area contributed by atoms with Crippen molar-refractivity contribution >= 4 is 65.8 Å². The molecule has 0 unspecified atom stereocenters. The highest BCUT2D eigenvalue weighted by atomic mass is 32.1. The van der Waals surface area contributed by atoms with Gasteiger partial charge in [-0.3, -0.25) is 10.6 Å². The number of para-hydroxylation sites is 1. The molecule has 2 aliphatic heterocycles. The van der Waals surface area contributed by atoms with Crippen LogP contribution in [0.3, 0.4) is 0 Å². The summed E-state index contributed by atoms with van der Waals surface area (Å²) in [5, 5.41) is 8.78. The molecule has 0 spiro atoms. The second-order valence-electron chi connectivity index (χ2n) is 13.3. The number of anilines is 2. The molecule has 0 fully saturated rings. The van der Waals surface area contributed by atoms with Crippen LogP contribution in [0.4, 0.5) is 46.2 Å². The Morgan fingerprint density at radius 1 is 0.698 bits per heavy atom. The minimum absolute atomic E-state index is 0.120. The number of amides is 3. The fraction of sp³-hybridized carbons (Fsp3) is 0.250. The third-order valence-electron chi connectivity index (χ3n) is 9.40. The van der Waals surface area contributed by atoms with E-state index in [0.29, 0.717) is 74.5 Å². The average Bonchev–Trinajstić information content (AvgIpc) is 3.89. The minimum atomic E-state index is -4.47. The lowest BCUT2D eigenvalue weighted by molar-refractivity contribution is -0.139. The third-order valence-corrected chi connectivity index (χ3v) is 11.2. The third kappa shape index (κ3) is 10.7. The van der Waals surface area contributed by atoms with Gasteiger partial charge in [-0.1, -0.05) is 65.1 Å². The molecular formula is C40H34F6N10O5S2. The van der Waals surface area contributed by atoms with Gasteiger partial charge in [-0.2, -0.15) is 36.3 Å². The highest BCUT2D eigenvalue weighted by Gasteiger charge is 2.37. The molecule has 23 heteroatoms. The Morgan fingerprint density at radius 2 is 1.25 bits per heavy atom. The number of ether oxygens (including phenoxy) is 3. The van der Waals surface area contributed by atoms with E-state index >= 15 is 0 Å². The minimum Gasteiger partial charge on any atom is -0.479 e. The Balaban J connectivity index is 0.000000150. The van der Waals surface area contributed by atoms with E-state index in [1.54, 1.807) is 36.4 Å². The summed E-state index contributed by atoms with van der Waals surface area (Å²) in [7, 11) is 2.95. The summed E-state index contributed by atoms with van der Waals surface area (Å²) < 4.78 is 92.8. The second kappa shape index (κ2) is 19.1. The van der Waals surface area contributed by atoms with Crippen LogP contribution < -0.4 is 30.2 Å². The van der Waals surface area contributed by atoms with Crippen molar-refractivity contribution in [2.45, 2.75) is 38.3 Å². The van der Waals surface area contributed by atoms with Gasteiger partial charge >= 0.3 is 24.5 Å². The SMILES string of the molecule is COc1ncnc2sc(NC(=O)N3CCc4cccc(C(F)(F)F)c4C3)nc12.COc1ncnc2sc(NC(=O)Oc3ccccc3)nc12.FC(F)(F)c1cccc2c1CNCC2. The van der Waals surface area contributed by atoms with E-state index in [9.17, 15) is 35.9 Å². The number of nitrogens with zero attached hydrogens (tertiary/aromatic N) is 7. The molecule has 0 radical (unpaired) electrons. The summed E-state index contributed by atoms with van der Waals surface area (Å²) in [4.78, 5) is 51.4. The van der Waals surface area contributed by atoms with Gasteiger partial charge in [0.05, 0.1) is 25.3 Å². The van der Waals surface area contributed by atoms with Crippen LogP contribution in [-0.4, -0.2) is 74.2 Å². The number of urea groups is 1. The molecule has 3 amide bonds. The first kappa shape index (κ1) is 44.3. The van der Waals surface area contributed by atoms with Gasteiger partial charge in [0.1, 0.15) is 18.4 Å². The molecule has 0 bridgehead atoms. The predicted molar refractivity (Wildman–Crippen MR) is 221 cm³/mol. The number of carbonyl (C=O) groups is 2. The molecule has 0 aliphatic carbocycles. The molecular weight excluding hydrogens is 879 g/mol. The summed E-state index contributed by atoms with van der Waals surface area (Å²) in [6.45, 7) is 1.28. The molecule has 7 aromatic rings. The molecule has 9 rings (SSSR count). The number of rotatable bonds is 5. The summed E-state index contributed by atoms with van der Waals surface area (Å²) in [6.07, 6.45) is -5.58. The van der Waals surface area contributed by atoms with Gasteiger partial charge in [-0.25, -0.2) is 29.5 Å². The molecule has 3 aromatic carbocycles. The number of alkyl halides is 6. The van der Waals surface area contributed by atoms with Gasteiger partial charge in [0.2, 0.25) is 11.8 Å². The summed E-state index contributed by atoms with van der Waals surface area (Å²) in [5.74, 6) is 1.10. The van der Waals surface area contributed by atoms with E-state index in [1.165, 1.54) is 55.2 Å². The van der Waals surface area contributed by atoms with Crippen molar-refractivity contribution in [1.82, 2.24) is 40.1 Å². The van der Waals surface area contributed by atoms with E-state index in [-0.39, 0.29) is 23.1 Å². The molecule has 6 heterocycles. The van der Waals surface area contributed by atoms with Gasteiger partial charge in [0, 0.05) is 19.6 Å². The van der Waals surface area contributed by atoms with Crippen molar-refractivity contribution in [3.63, 3.8) is 0 Å². The molecule has 63 heavy (non-hydrogen) atoms. The number of thiazole rings is 2. The predicted octanol–water partition coefficient (Wildman–Crippen LogP) is 8.76. The largest absolute Gasteiger partial charge is 0.479 e. The van der Waals surface area contributed by atoms with E-state index in [4.69, 9.17) is 14.2 Å². The quantitative estimate of drug-likeness (QED) is 0.140. The number of methoxy groups -OCH3 is 2. The lowest BCUT2D eigenvalue weighted by Gasteiger charge is -2.30. The molecule has 0 saturated heterocycles. The first-order chi connectivity index (χ1) is 30.2. The van der Waals surface area contributed by atoms with Crippen LogP contribution in [0, 0.1) is 0 Å².